The minimum atomic E-state index is -0.176. The standard InChI is InChI=1S/C30H50N2O3.C27H46N2O3.2HI.V/c1-20-17-22-7-8-23-24(30(22,4)19-27(20)32-13-15-34-16-14-32)9-10-29(3)25(23)18-26(28(29)35-21(2)33)31-11-5-6-12-31;1-26-8-7-20-19(21(26)16-22(25(26)31)28-9-3-4-10-28)6-5-18-15-24(30)23(17-27(18,20)2)29-11-13-32-14-12-29;;;/h20,22-28H,5-19H2,1-4H3;18-25,30-31H,3-17H2,1-2H3;2*1H;/q;;;;+2/p-2/t20?,22?,23?,24?,25?,26-,27-,28-,29-,30-;18?,19?,20?,21?,22-,23-,24-,25-,26-,27-;;;/m00.../s1. The molecule has 399 valence electrons. The maximum atomic E-state index is 12.3. The summed E-state index contributed by atoms with van der Waals surface area (Å²) in [5.41, 5.74) is 1.05. The van der Waals surface area contributed by atoms with E-state index in [9.17, 15) is 15.0 Å². The molecule has 8 aliphatic carbocycles. The molecule has 0 amide bonds. The van der Waals surface area contributed by atoms with Gasteiger partial charge in [-0.25, -0.2) is 0 Å². The van der Waals surface area contributed by atoms with Crippen LogP contribution in [0.3, 0.4) is 0 Å². The van der Waals surface area contributed by atoms with Gasteiger partial charge in [0.15, 0.2) is 0 Å². The van der Waals surface area contributed by atoms with Crippen molar-refractivity contribution in [3.05, 3.63) is 0 Å². The molecule has 9 unspecified atom stereocenters. The van der Waals surface area contributed by atoms with Gasteiger partial charge in [0.1, 0.15) is 6.10 Å². The van der Waals surface area contributed by atoms with E-state index in [1.807, 2.05) is 0 Å². The summed E-state index contributed by atoms with van der Waals surface area (Å²) in [7, 11) is 0.628. The Morgan fingerprint density at radius 3 is 1.54 bits per heavy atom. The van der Waals surface area contributed by atoms with E-state index in [1.165, 1.54) is 129 Å². The van der Waals surface area contributed by atoms with Gasteiger partial charge in [-0.2, -0.15) is 0 Å². The number of halogens is 2. The monoisotopic (exact) mass is 1240 g/mol. The van der Waals surface area contributed by atoms with E-state index in [1.54, 1.807) is 6.92 Å². The summed E-state index contributed by atoms with van der Waals surface area (Å²) in [6.45, 7) is 26.8. The number of likely N-dealkylation sites (tertiary alicyclic amines) is 2. The molecular formula is C57H96I2N4O6V. The normalized spacial score (nSPS) is 50.7. The zero-order valence-electron chi connectivity index (χ0n) is 44.5. The summed E-state index contributed by atoms with van der Waals surface area (Å²) >= 11 is 4.74. The van der Waals surface area contributed by atoms with Crippen LogP contribution < -0.4 is 0 Å². The number of hydrogen-bond acceptors (Lipinski definition) is 10. The Bertz CT molecular complexity index is 1770. The number of morpholine rings is 2. The van der Waals surface area contributed by atoms with Gasteiger partial charge in [-0.3, -0.25) is 24.4 Å². The summed E-state index contributed by atoms with van der Waals surface area (Å²) in [5, 5.41) is 22.7. The molecule has 4 aliphatic heterocycles. The van der Waals surface area contributed by atoms with E-state index in [4.69, 9.17) is 14.2 Å². The Morgan fingerprint density at radius 1 is 0.557 bits per heavy atom. The number of aliphatic hydroxyl groups excluding tert-OH is 2. The number of rotatable bonds is 5. The summed E-state index contributed by atoms with van der Waals surface area (Å²) in [6.07, 6.45) is 22.8. The van der Waals surface area contributed by atoms with Crippen molar-refractivity contribution >= 4 is 45.9 Å². The van der Waals surface area contributed by atoms with E-state index in [0.717, 1.165) is 107 Å². The molecule has 13 heteroatoms. The van der Waals surface area contributed by atoms with Crippen LogP contribution in [-0.2, 0) is 28.5 Å². The van der Waals surface area contributed by atoms with Gasteiger partial charge in [-0.15, -0.1) is 0 Å². The van der Waals surface area contributed by atoms with Gasteiger partial charge < -0.3 is 24.4 Å². The predicted octanol–water partition coefficient (Wildman–Crippen LogP) is 9.89. The summed E-state index contributed by atoms with van der Waals surface area (Å²) in [5.74, 6) is 6.83. The van der Waals surface area contributed by atoms with Crippen LogP contribution in [0.1, 0.15) is 157 Å². The van der Waals surface area contributed by atoms with Crippen molar-refractivity contribution in [2.75, 3.05) is 78.8 Å². The molecule has 0 bridgehead atoms. The third-order valence-corrected chi connectivity index (χ3v) is 24.2. The second kappa shape index (κ2) is 22.5. The first-order valence-corrected chi connectivity index (χ1v) is 38.2. The average molecular weight is 1240 g/mol. The molecule has 0 radical (unpaired) electrons. The Balaban J connectivity index is 0.000000154. The van der Waals surface area contributed by atoms with Crippen LogP contribution in [0.5, 0.6) is 0 Å². The summed E-state index contributed by atoms with van der Waals surface area (Å²) < 4.78 is 17.6. The van der Waals surface area contributed by atoms with Crippen molar-refractivity contribution in [1.29, 1.82) is 0 Å². The Kier molecular flexibility index (Phi) is 17.5. The van der Waals surface area contributed by atoms with Gasteiger partial charge in [-0.05, 0) is 211 Å². The molecule has 0 spiro atoms. The zero-order chi connectivity index (χ0) is 49.2. The van der Waals surface area contributed by atoms with Crippen LogP contribution in [-0.4, -0.2) is 157 Å². The number of carbonyl (C=O) groups excluding carboxylic acids is 1. The van der Waals surface area contributed by atoms with E-state index in [2.05, 4.69) is 94.2 Å². The maximum absolute atomic E-state index is 12.3. The molecule has 70 heavy (non-hydrogen) atoms. The zero-order valence-corrected chi connectivity index (χ0v) is 50.2. The van der Waals surface area contributed by atoms with Gasteiger partial charge in [0.25, 0.3) is 0 Å². The molecule has 2 N–H and O–H groups in total. The SMILES string of the molecule is CC(=O)O[C@H]1[C@@H](N2CCCC2)CC2C3CCC4CC(C)[C@@H](N5CCOCC5)C[C@]4(C)C3CC[C@@]21C.C[C@]12C[C@H](N3CCOCC3)[C@@H](O)CC1CCC1C2CC[C@@]2(C)C1C[C@H](N1CCCC1)[C@@H]2O.[I][V][I]. The summed E-state index contributed by atoms with van der Waals surface area (Å²) in [4.78, 5) is 22.9. The number of fused-ring (bicyclic) bond motifs is 10. The molecular weight excluding hydrogens is 1140 g/mol. The third kappa shape index (κ3) is 10.0. The Morgan fingerprint density at radius 2 is 1.00 bits per heavy atom. The minimum absolute atomic E-state index is 0.0755. The van der Waals surface area contributed by atoms with Crippen molar-refractivity contribution in [1.82, 2.24) is 19.6 Å². The molecule has 4 heterocycles. The molecule has 12 fully saturated rings. The average Bonchev–Trinajstić information content (AvgIpc) is 4.18. The number of aliphatic hydroxyl groups is 2. The van der Waals surface area contributed by atoms with Crippen LogP contribution in [0.2, 0.25) is 0 Å². The molecule has 10 nitrogen and oxygen atoms in total. The van der Waals surface area contributed by atoms with E-state index in [0.29, 0.717) is 56.2 Å². The van der Waals surface area contributed by atoms with Gasteiger partial charge in [0.05, 0.1) is 38.6 Å². The predicted molar refractivity (Wildman–Crippen MR) is 291 cm³/mol. The second-order valence-corrected chi connectivity index (χ2v) is 38.7. The fourth-order valence-corrected chi connectivity index (χ4v) is 20.6. The van der Waals surface area contributed by atoms with Crippen LogP contribution >= 0.6 is 40.0 Å². The fraction of sp³-hybridized carbons (Fsp3) is 0.982. The number of nitrogens with zero attached hydrogens (tertiary/aromatic N) is 4. The van der Waals surface area contributed by atoms with Crippen LogP contribution in [0.15, 0.2) is 0 Å². The van der Waals surface area contributed by atoms with Crippen LogP contribution in [0.4, 0.5) is 0 Å². The van der Waals surface area contributed by atoms with Crippen molar-refractivity contribution in [3.63, 3.8) is 0 Å². The van der Waals surface area contributed by atoms with Crippen molar-refractivity contribution in [2.24, 2.45) is 74.9 Å². The molecule has 8 saturated carbocycles. The molecule has 0 aromatic rings. The van der Waals surface area contributed by atoms with Gasteiger partial charge in [0.2, 0.25) is 0 Å². The Hall–Kier alpha value is 1.19. The van der Waals surface area contributed by atoms with Crippen LogP contribution in [0.25, 0.3) is 0 Å². The van der Waals surface area contributed by atoms with E-state index < -0.39 is 0 Å². The van der Waals surface area contributed by atoms with Gasteiger partial charge in [0, 0.05) is 62.7 Å². The first kappa shape index (κ1) is 54.5. The number of ether oxygens (including phenoxy) is 3. The molecule has 4 saturated heterocycles. The number of esters is 1. The quantitative estimate of drug-likeness (QED) is 0.205. The fourth-order valence-electron chi connectivity index (χ4n) is 20.6. The second-order valence-electron chi connectivity index (χ2n) is 26.9. The number of carbonyl (C=O) groups is 1. The first-order chi connectivity index (χ1) is 33.6. The van der Waals surface area contributed by atoms with Crippen molar-refractivity contribution in [3.8, 4) is 0 Å². The van der Waals surface area contributed by atoms with Crippen LogP contribution in [0, 0.1) is 74.9 Å². The first-order valence-electron chi connectivity index (χ1n) is 29.2. The molecule has 20 atom stereocenters. The molecule has 12 aliphatic rings. The molecule has 12 rings (SSSR count). The van der Waals surface area contributed by atoms with Crippen molar-refractivity contribution < 1.29 is 38.7 Å². The summed E-state index contributed by atoms with van der Waals surface area (Å²) in [6, 6.07) is 1.86. The Labute approximate surface area is 453 Å². The third-order valence-electron chi connectivity index (χ3n) is 24.2. The van der Waals surface area contributed by atoms with E-state index >= 15 is 0 Å². The van der Waals surface area contributed by atoms with Gasteiger partial charge in [-0.1, -0.05) is 34.6 Å². The van der Waals surface area contributed by atoms with Crippen molar-refractivity contribution in [2.45, 2.75) is 200 Å². The van der Waals surface area contributed by atoms with E-state index in [-0.39, 0.29) is 35.1 Å². The van der Waals surface area contributed by atoms with Gasteiger partial charge >= 0.3 is 55.4 Å². The molecule has 0 aromatic heterocycles. The number of hydrogen-bond donors (Lipinski definition) is 2. The molecule has 0 aromatic carbocycles. The topological polar surface area (TPSA) is 98.2 Å².